The van der Waals surface area contributed by atoms with Gasteiger partial charge in [0.25, 0.3) is 0 Å². The first-order valence-corrected chi connectivity index (χ1v) is 10.7. The van der Waals surface area contributed by atoms with E-state index < -0.39 is 10.0 Å². The fourth-order valence-corrected chi connectivity index (χ4v) is 4.83. The minimum absolute atomic E-state index is 0.0894. The van der Waals surface area contributed by atoms with E-state index in [1.165, 1.54) is 0 Å². The second-order valence-electron chi connectivity index (χ2n) is 6.33. The molecule has 0 saturated carbocycles. The molecule has 9 heteroatoms. The van der Waals surface area contributed by atoms with Gasteiger partial charge in [0.05, 0.1) is 5.75 Å². The third-order valence-corrected chi connectivity index (χ3v) is 7.11. The molecular formula is C16H21ClN4O2S2. The molecule has 1 aromatic carbocycles. The molecule has 2 unspecified atom stereocenters. The van der Waals surface area contributed by atoms with E-state index in [9.17, 15) is 8.42 Å². The van der Waals surface area contributed by atoms with E-state index in [2.05, 4.69) is 10.2 Å². The van der Waals surface area contributed by atoms with Gasteiger partial charge in [0.15, 0.2) is 0 Å². The van der Waals surface area contributed by atoms with Crippen molar-refractivity contribution in [3.05, 3.63) is 34.9 Å². The van der Waals surface area contributed by atoms with Crippen LogP contribution >= 0.6 is 23.8 Å². The maximum atomic E-state index is 12.2. The van der Waals surface area contributed by atoms with Gasteiger partial charge in [-0.3, -0.25) is 0 Å². The Morgan fingerprint density at radius 1 is 1.32 bits per heavy atom. The quantitative estimate of drug-likeness (QED) is 0.711. The molecule has 0 radical (unpaired) electrons. The third-order valence-electron chi connectivity index (χ3n) is 4.69. The van der Waals surface area contributed by atoms with Gasteiger partial charge in [-0.1, -0.05) is 23.7 Å². The molecule has 25 heavy (non-hydrogen) atoms. The SMILES string of the molecule is CCS(=O)(=O)N1CCCC(C2N=NC(=S)N2Cc2ccc(Cl)cc2)C1. The summed E-state index contributed by atoms with van der Waals surface area (Å²) in [4.78, 5) is 1.98. The highest BCUT2D eigenvalue weighted by Crippen LogP contribution is 2.30. The van der Waals surface area contributed by atoms with Crippen LogP contribution in [0.15, 0.2) is 34.5 Å². The van der Waals surface area contributed by atoms with E-state index >= 15 is 0 Å². The van der Waals surface area contributed by atoms with Gasteiger partial charge in [0, 0.05) is 30.6 Å². The average Bonchev–Trinajstić information content (AvgIpc) is 2.98. The molecule has 2 heterocycles. The van der Waals surface area contributed by atoms with Crippen LogP contribution in [-0.2, 0) is 16.6 Å². The van der Waals surface area contributed by atoms with Gasteiger partial charge >= 0.3 is 0 Å². The normalized spacial score (nSPS) is 24.9. The van der Waals surface area contributed by atoms with Crippen molar-refractivity contribution in [2.75, 3.05) is 18.8 Å². The Hall–Kier alpha value is -1.09. The fourth-order valence-electron chi connectivity index (χ4n) is 3.29. The molecule has 2 aliphatic heterocycles. The van der Waals surface area contributed by atoms with Gasteiger partial charge in [-0.05, 0) is 49.7 Å². The molecule has 0 amide bonds. The van der Waals surface area contributed by atoms with E-state index in [0.717, 1.165) is 18.4 Å². The summed E-state index contributed by atoms with van der Waals surface area (Å²) >= 11 is 11.3. The van der Waals surface area contributed by atoms with Crippen molar-refractivity contribution in [2.24, 2.45) is 16.1 Å². The summed E-state index contributed by atoms with van der Waals surface area (Å²) < 4.78 is 26.0. The highest BCUT2D eigenvalue weighted by molar-refractivity contribution is 7.89. The number of sulfonamides is 1. The van der Waals surface area contributed by atoms with Crippen LogP contribution in [0.5, 0.6) is 0 Å². The average molecular weight is 401 g/mol. The molecule has 1 aromatic rings. The zero-order valence-electron chi connectivity index (χ0n) is 14.0. The van der Waals surface area contributed by atoms with E-state index in [-0.39, 0.29) is 17.8 Å². The molecule has 3 rings (SSSR count). The number of thiocarbonyl (C=S) groups is 1. The van der Waals surface area contributed by atoms with Gasteiger partial charge < -0.3 is 4.90 Å². The van der Waals surface area contributed by atoms with Crippen molar-refractivity contribution in [2.45, 2.75) is 32.5 Å². The van der Waals surface area contributed by atoms with Crippen molar-refractivity contribution in [3.8, 4) is 0 Å². The second-order valence-corrected chi connectivity index (χ2v) is 9.39. The van der Waals surface area contributed by atoms with Crippen LogP contribution in [0.4, 0.5) is 0 Å². The maximum Gasteiger partial charge on any atom is 0.218 e. The summed E-state index contributed by atoms with van der Waals surface area (Å²) in [6.45, 7) is 3.32. The standard InChI is InChI=1S/C16H21ClN4O2S2/c1-2-25(22,23)20-9-3-4-13(11-20)15-18-19-16(24)21(15)10-12-5-7-14(17)8-6-12/h5-8,13,15H,2-4,9-11H2,1H3. The highest BCUT2D eigenvalue weighted by Gasteiger charge is 2.38. The zero-order chi connectivity index (χ0) is 18.0. The summed E-state index contributed by atoms with van der Waals surface area (Å²) in [5.74, 6) is 0.213. The van der Waals surface area contributed by atoms with Crippen LogP contribution in [0.1, 0.15) is 25.3 Å². The fraction of sp³-hybridized carbons (Fsp3) is 0.562. The molecule has 6 nitrogen and oxygen atoms in total. The monoisotopic (exact) mass is 400 g/mol. The number of halogens is 1. The molecule has 136 valence electrons. The molecule has 0 spiro atoms. The molecule has 0 aliphatic carbocycles. The second kappa shape index (κ2) is 7.65. The number of benzene rings is 1. The van der Waals surface area contributed by atoms with E-state index in [0.29, 0.717) is 29.8 Å². The topological polar surface area (TPSA) is 65.3 Å². The summed E-state index contributed by atoms with van der Waals surface area (Å²) in [7, 11) is -3.18. The first-order valence-electron chi connectivity index (χ1n) is 8.34. The molecule has 2 atom stereocenters. The van der Waals surface area contributed by atoms with E-state index in [1.807, 2.05) is 29.2 Å². The molecule has 0 aromatic heterocycles. The zero-order valence-corrected chi connectivity index (χ0v) is 16.4. The number of piperidine rings is 1. The Morgan fingerprint density at radius 3 is 2.72 bits per heavy atom. The predicted octanol–water partition coefficient (Wildman–Crippen LogP) is 3.28. The van der Waals surface area contributed by atoms with E-state index in [1.54, 1.807) is 11.2 Å². The Bertz CT molecular complexity index is 767. The van der Waals surface area contributed by atoms with Gasteiger partial charge in [-0.25, -0.2) is 12.7 Å². The summed E-state index contributed by atoms with van der Waals surface area (Å²) in [6, 6.07) is 7.59. The minimum Gasteiger partial charge on any atom is -0.318 e. The lowest BCUT2D eigenvalue weighted by Gasteiger charge is -2.36. The van der Waals surface area contributed by atoms with E-state index in [4.69, 9.17) is 23.8 Å². The highest BCUT2D eigenvalue weighted by atomic mass is 35.5. The van der Waals surface area contributed by atoms with Gasteiger partial charge in [-0.2, -0.15) is 5.11 Å². The molecule has 0 bridgehead atoms. The first-order chi connectivity index (χ1) is 11.9. The smallest absolute Gasteiger partial charge is 0.218 e. The Kier molecular flexibility index (Phi) is 5.72. The van der Waals surface area contributed by atoms with Crippen molar-refractivity contribution in [3.63, 3.8) is 0 Å². The van der Waals surface area contributed by atoms with Crippen LogP contribution in [-0.4, -0.2) is 47.7 Å². The first kappa shape index (κ1) is 18.7. The molecule has 2 aliphatic rings. The lowest BCUT2D eigenvalue weighted by Crippen LogP contribution is -2.47. The number of hydrogen-bond acceptors (Lipinski definition) is 4. The van der Waals surface area contributed by atoms with Crippen LogP contribution in [0.25, 0.3) is 0 Å². The maximum absolute atomic E-state index is 12.2. The van der Waals surface area contributed by atoms with Crippen molar-refractivity contribution < 1.29 is 8.42 Å². The van der Waals surface area contributed by atoms with Crippen molar-refractivity contribution in [1.82, 2.24) is 9.21 Å². The Morgan fingerprint density at radius 2 is 2.04 bits per heavy atom. The predicted molar refractivity (Wildman–Crippen MR) is 102 cm³/mol. The third kappa shape index (κ3) is 4.19. The van der Waals surface area contributed by atoms with Crippen LogP contribution in [0, 0.1) is 5.92 Å². The molecular weight excluding hydrogens is 380 g/mol. The van der Waals surface area contributed by atoms with Gasteiger partial charge in [-0.15, -0.1) is 5.11 Å². The van der Waals surface area contributed by atoms with Gasteiger partial charge in [0.1, 0.15) is 6.17 Å². The van der Waals surface area contributed by atoms with Gasteiger partial charge in [0.2, 0.25) is 15.1 Å². The molecule has 0 N–H and O–H groups in total. The number of nitrogens with zero attached hydrogens (tertiary/aromatic N) is 4. The summed E-state index contributed by atoms with van der Waals surface area (Å²) in [5.41, 5.74) is 1.07. The number of azo groups is 1. The van der Waals surface area contributed by atoms with Crippen LogP contribution in [0.3, 0.4) is 0 Å². The largest absolute Gasteiger partial charge is 0.318 e. The van der Waals surface area contributed by atoms with Crippen molar-refractivity contribution in [1.29, 1.82) is 0 Å². The molecule has 1 fully saturated rings. The lowest BCUT2D eigenvalue weighted by atomic mass is 9.96. The summed E-state index contributed by atoms with van der Waals surface area (Å²) in [6.07, 6.45) is 1.54. The van der Waals surface area contributed by atoms with Crippen molar-refractivity contribution >= 4 is 39.0 Å². The molecule has 1 saturated heterocycles. The Balaban J connectivity index is 1.74. The Labute approximate surface area is 158 Å². The summed E-state index contributed by atoms with van der Waals surface area (Å²) in [5, 5.41) is 9.56. The number of hydrogen-bond donors (Lipinski definition) is 0. The lowest BCUT2D eigenvalue weighted by molar-refractivity contribution is 0.167. The number of rotatable bonds is 5. The minimum atomic E-state index is -3.18. The van der Waals surface area contributed by atoms with Crippen LogP contribution in [0.2, 0.25) is 5.02 Å². The van der Waals surface area contributed by atoms with Crippen LogP contribution < -0.4 is 0 Å².